The fraction of sp³-hybridized carbons (Fsp3) is 0.694. The number of carbonyl (C=O) groups is 3. The van der Waals surface area contributed by atoms with Crippen LogP contribution < -0.4 is 9.47 Å². The predicted octanol–water partition coefficient (Wildman–Crippen LogP) is 6.24. The van der Waals surface area contributed by atoms with Crippen molar-refractivity contribution in [3.05, 3.63) is 23.9 Å². The molecule has 2 aliphatic heterocycles. The van der Waals surface area contributed by atoms with Crippen LogP contribution in [-0.4, -0.2) is 64.4 Å². The summed E-state index contributed by atoms with van der Waals surface area (Å²) in [4.78, 5) is 52.3. The van der Waals surface area contributed by atoms with E-state index < -0.39 is 23.7 Å². The number of aldehydes is 1. The van der Waals surface area contributed by atoms with Crippen molar-refractivity contribution in [2.45, 2.75) is 122 Å². The average Bonchev–Trinajstić information content (AvgIpc) is 3.71. The van der Waals surface area contributed by atoms with E-state index in [4.69, 9.17) is 24.2 Å². The van der Waals surface area contributed by atoms with E-state index in [1.165, 1.54) is 0 Å². The van der Waals surface area contributed by atoms with Gasteiger partial charge in [-0.25, -0.2) is 9.97 Å². The lowest BCUT2D eigenvalue weighted by molar-refractivity contribution is -0.167. The molecule has 4 aliphatic rings. The molecule has 0 spiro atoms. The van der Waals surface area contributed by atoms with Crippen molar-refractivity contribution < 1.29 is 28.6 Å². The van der Waals surface area contributed by atoms with Crippen molar-refractivity contribution in [1.82, 2.24) is 14.9 Å². The van der Waals surface area contributed by atoms with Gasteiger partial charge in [-0.1, -0.05) is 39.5 Å². The topological polar surface area (TPSA) is 108 Å². The largest absolute Gasteiger partial charge is 0.497 e. The molecule has 1 saturated heterocycles. The fourth-order valence-corrected chi connectivity index (χ4v) is 8.63. The third-order valence-corrected chi connectivity index (χ3v) is 11.6. The molecule has 3 fully saturated rings. The smallest absolute Gasteiger partial charge is 0.307 e. The van der Waals surface area contributed by atoms with Crippen molar-refractivity contribution in [2.24, 2.45) is 23.2 Å². The third kappa shape index (κ3) is 6.28. The molecular formula is C36H49N3O6. The van der Waals surface area contributed by atoms with E-state index in [9.17, 15) is 14.4 Å². The number of aryl methyl sites for hydroxylation is 1. The second kappa shape index (κ2) is 12.9. The standard InChI is InChI=1S/C36H49N3O6/c1-23-30(22-40)39-21-31(23)44-33-28(37-27-15-14-25(43-4)19-29(27)38-33)13-7-5-6-11-24-12-10-18-36(24,3)45-32(41)20-26(34(39)42)35(2)16-8-9-17-35/h14-15,19,22-24,26,30-31H,5-13,16-18,20-21H2,1-4H3/t23-,24+,26+,30+,31-,36+/m0/s1. The molecule has 1 aromatic carbocycles. The van der Waals surface area contributed by atoms with E-state index in [2.05, 4.69) is 13.8 Å². The molecule has 2 saturated carbocycles. The van der Waals surface area contributed by atoms with Gasteiger partial charge in [-0.15, -0.1) is 0 Å². The van der Waals surface area contributed by atoms with Crippen LogP contribution in [-0.2, 0) is 25.5 Å². The molecule has 45 heavy (non-hydrogen) atoms. The monoisotopic (exact) mass is 619 g/mol. The quantitative estimate of drug-likeness (QED) is 0.294. The average molecular weight is 620 g/mol. The molecule has 2 aliphatic carbocycles. The van der Waals surface area contributed by atoms with Gasteiger partial charge in [0, 0.05) is 12.0 Å². The van der Waals surface area contributed by atoms with E-state index in [0.717, 1.165) is 88.1 Å². The molecule has 0 unspecified atom stereocenters. The SMILES string of the molecule is COc1ccc2nc3c(nc2c1)O[C@H]1CN(C(=O)[C@H](C2(C)CCCC2)CC(=O)O[C@]2(C)CCC[C@H]2CCCCC3)[C@H](C=O)[C@@H]1C. The summed E-state index contributed by atoms with van der Waals surface area (Å²) < 4.78 is 18.4. The second-order valence-corrected chi connectivity index (χ2v) is 14.6. The maximum absolute atomic E-state index is 14.5. The Bertz CT molecular complexity index is 1420. The Morgan fingerprint density at radius 2 is 1.76 bits per heavy atom. The summed E-state index contributed by atoms with van der Waals surface area (Å²) in [5.41, 5.74) is 1.42. The van der Waals surface area contributed by atoms with E-state index in [1.807, 2.05) is 25.1 Å². The van der Waals surface area contributed by atoms with Crippen molar-refractivity contribution in [1.29, 1.82) is 0 Å². The first kappa shape index (κ1) is 31.7. The molecular weight excluding hydrogens is 570 g/mol. The molecule has 6 rings (SSSR count). The van der Waals surface area contributed by atoms with Crippen molar-refractivity contribution in [3.8, 4) is 11.6 Å². The van der Waals surface area contributed by atoms with Crippen LogP contribution in [0.4, 0.5) is 0 Å². The molecule has 1 amide bonds. The Hall–Kier alpha value is -3.23. The van der Waals surface area contributed by atoms with Gasteiger partial charge in [0.2, 0.25) is 11.8 Å². The number of ether oxygens (including phenoxy) is 3. The number of aromatic nitrogens is 2. The lowest BCUT2D eigenvalue weighted by atomic mass is 9.73. The van der Waals surface area contributed by atoms with Crippen LogP contribution in [0.2, 0.25) is 0 Å². The molecule has 0 radical (unpaired) electrons. The number of benzene rings is 1. The van der Waals surface area contributed by atoms with Crippen LogP contribution in [0, 0.1) is 23.2 Å². The Morgan fingerprint density at radius 1 is 0.978 bits per heavy atom. The van der Waals surface area contributed by atoms with E-state index in [1.54, 1.807) is 12.0 Å². The first-order chi connectivity index (χ1) is 21.6. The van der Waals surface area contributed by atoms with E-state index in [0.29, 0.717) is 29.5 Å². The van der Waals surface area contributed by atoms with Crippen LogP contribution >= 0.6 is 0 Å². The Labute approximate surface area is 266 Å². The van der Waals surface area contributed by atoms with Gasteiger partial charge >= 0.3 is 5.97 Å². The highest BCUT2D eigenvalue weighted by Crippen LogP contribution is 2.48. The highest BCUT2D eigenvalue weighted by atomic mass is 16.6. The van der Waals surface area contributed by atoms with Crippen LogP contribution in [0.15, 0.2) is 18.2 Å². The highest BCUT2D eigenvalue weighted by molar-refractivity contribution is 5.87. The molecule has 244 valence electrons. The van der Waals surface area contributed by atoms with Crippen molar-refractivity contribution in [3.63, 3.8) is 0 Å². The van der Waals surface area contributed by atoms with Gasteiger partial charge in [0.15, 0.2) is 0 Å². The predicted molar refractivity (Wildman–Crippen MR) is 170 cm³/mol. The Balaban J connectivity index is 1.37. The Kier molecular flexibility index (Phi) is 9.08. The number of amides is 1. The number of methoxy groups -OCH3 is 1. The zero-order valence-corrected chi connectivity index (χ0v) is 27.4. The minimum atomic E-state index is -0.651. The summed E-state index contributed by atoms with van der Waals surface area (Å²) in [6, 6.07) is 5.00. The highest BCUT2D eigenvalue weighted by Gasteiger charge is 2.51. The summed E-state index contributed by atoms with van der Waals surface area (Å²) in [6.45, 7) is 6.43. The summed E-state index contributed by atoms with van der Waals surface area (Å²) in [7, 11) is 1.62. The first-order valence-corrected chi connectivity index (χ1v) is 17.1. The van der Waals surface area contributed by atoms with E-state index in [-0.39, 0.29) is 36.2 Å². The van der Waals surface area contributed by atoms with Crippen molar-refractivity contribution in [2.75, 3.05) is 13.7 Å². The maximum atomic E-state index is 14.5. The van der Waals surface area contributed by atoms with Gasteiger partial charge in [-0.3, -0.25) is 9.59 Å². The lowest BCUT2D eigenvalue weighted by Gasteiger charge is -2.38. The molecule has 6 atom stereocenters. The number of esters is 1. The number of hydrogen-bond acceptors (Lipinski definition) is 8. The Morgan fingerprint density at radius 3 is 2.51 bits per heavy atom. The van der Waals surface area contributed by atoms with Gasteiger partial charge in [-0.05, 0) is 81.8 Å². The normalized spacial score (nSPS) is 32.6. The van der Waals surface area contributed by atoms with Crippen LogP contribution in [0.1, 0.15) is 104 Å². The molecule has 9 nitrogen and oxygen atoms in total. The van der Waals surface area contributed by atoms with E-state index >= 15 is 0 Å². The zero-order chi connectivity index (χ0) is 31.8. The minimum Gasteiger partial charge on any atom is -0.497 e. The third-order valence-electron chi connectivity index (χ3n) is 11.6. The number of fused-ring (bicyclic) bond motifs is 5. The summed E-state index contributed by atoms with van der Waals surface area (Å²) in [6.07, 6.45) is 11.9. The van der Waals surface area contributed by atoms with Gasteiger partial charge in [0.25, 0.3) is 0 Å². The van der Waals surface area contributed by atoms with Gasteiger partial charge in [0.05, 0.1) is 43.1 Å². The molecule has 9 heteroatoms. The second-order valence-electron chi connectivity index (χ2n) is 14.6. The van der Waals surface area contributed by atoms with Gasteiger partial charge < -0.3 is 23.9 Å². The summed E-state index contributed by atoms with van der Waals surface area (Å²) in [5, 5.41) is 0. The number of carbonyl (C=O) groups excluding carboxylic acids is 3. The first-order valence-electron chi connectivity index (χ1n) is 17.1. The summed E-state index contributed by atoms with van der Waals surface area (Å²) in [5.74, 6) is 0.219. The zero-order valence-electron chi connectivity index (χ0n) is 27.4. The van der Waals surface area contributed by atoms with Gasteiger partial charge in [-0.2, -0.15) is 0 Å². The van der Waals surface area contributed by atoms with Crippen molar-refractivity contribution >= 4 is 29.2 Å². The van der Waals surface area contributed by atoms with Crippen LogP contribution in [0.3, 0.4) is 0 Å². The lowest BCUT2D eigenvalue weighted by Crippen LogP contribution is -2.47. The molecule has 0 N–H and O–H groups in total. The van der Waals surface area contributed by atoms with Crippen LogP contribution in [0.5, 0.6) is 11.6 Å². The minimum absolute atomic E-state index is 0.0434. The number of nitrogens with zero attached hydrogens (tertiary/aromatic N) is 3. The van der Waals surface area contributed by atoms with Gasteiger partial charge in [0.1, 0.15) is 29.4 Å². The fourth-order valence-electron chi connectivity index (χ4n) is 8.63. The maximum Gasteiger partial charge on any atom is 0.307 e. The van der Waals surface area contributed by atoms with Crippen LogP contribution in [0.25, 0.3) is 11.0 Å². The molecule has 2 aromatic rings. The number of hydrogen-bond donors (Lipinski definition) is 0. The number of rotatable bonds is 3. The molecule has 1 aromatic heterocycles. The molecule has 3 heterocycles. The summed E-state index contributed by atoms with van der Waals surface area (Å²) >= 11 is 0. The molecule has 2 bridgehead atoms.